The number of benzene rings is 1. The molecule has 0 aliphatic heterocycles. The number of terminal acetylenes is 1. The Balaban J connectivity index is 2.96. The van der Waals surface area contributed by atoms with Gasteiger partial charge in [-0.15, -0.1) is 19.6 Å². The Hall–Kier alpha value is -1.63. The van der Waals surface area contributed by atoms with Gasteiger partial charge in [0.2, 0.25) is 0 Å². The molecule has 0 aliphatic carbocycles. The molecule has 1 rings (SSSR count). The molecule has 4 heteroatoms. The summed E-state index contributed by atoms with van der Waals surface area (Å²) in [5.41, 5.74) is 0.0276. The van der Waals surface area contributed by atoms with E-state index in [1.807, 2.05) is 0 Å². The fourth-order valence-electron chi connectivity index (χ4n) is 0.735. The van der Waals surface area contributed by atoms with Gasteiger partial charge >= 0.3 is 6.36 Å². The van der Waals surface area contributed by atoms with Gasteiger partial charge < -0.3 is 4.74 Å². The first kappa shape index (κ1) is 9.46. The fraction of sp³-hybridized carbons (Fsp3) is 0.111. The van der Waals surface area contributed by atoms with Crippen LogP contribution in [-0.2, 0) is 0 Å². The summed E-state index contributed by atoms with van der Waals surface area (Å²) >= 11 is 0. The van der Waals surface area contributed by atoms with E-state index >= 15 is 0 Å². The molecule has 0 spiro atoms. The largest absolute Gasteiger partial charge is 0.573 e. The van der Waals surface area contributed by atoms with Gasteiger partial charge in [0.25, 0.3) is 0 Å². The third-order valence-electron chi connectivity index (χ3n) is 1.19. The summed E-state index contributed by atoms with van der Waals surface area (Å²) in [6, 6.07) is 6.38. The summed E-state index contributed by atoms with van der Waals surface area (Å²) < 4.78 is 38.9. The van der Waals surface area contributed by atoms with Gasteiger partial charge in [0.1, 0.15) is 0 Å². The van der Waals surface area contributed by atoms with E-state index in [1.54, 1.807) is 0 Å². The average molecular weight is 185 g/mol. The summed E-state index contributed by atoms with van der Waals surface area (Å²) in [6.45, 7) is 0. The van der Waals surface area contributed by atoms with E-state index < -0.39 is 12.1 Å². The number of rotatable bonds is 1. The molecule has 0 saturated heterocycles. The van der Waals surface area contributed by atoms with Crippen molar-refractivity contribution in [3.63, 3.8) is 0 Å². The molecule has 0 N–H and O–H groups in total. The molecule has 1 aromatic carbocycles. The SMILES string of the molecule is C#Cc1ccc[c]c1OC(F)(F)F. The predicted octanol–water partition coefficient (Wildman–Crippen LogP) is 2.37. The second kappa shape index (κ2) is 3.40. The van der Waals surface area contributed by atoms with Gasteiger partial charge in [-0.05, 0) is 6.07 Å². The first-order valence-electron chi connectivity index (χ1n) is 3.26. The second-order valence-electron chi connectivity index (χ2n) is 2.11. The average Bonchev–Trinajstić information content (AvgIpc) is 2.02. The van der Waals surface area contributed by atoms with Crippen LogP contribution in [0.1, 0.15) is 5.56 Å². The molecule has 1 radical (unpaired) electrons. The third-order valence-corrected chi connectivity index (χ3v) is 1.19. The molecular formula is C9H4F3O. The lowest BCUT2D eigenvalue weighted by molar-refractivity contribution is -0.274. The molecule has 1 nitrogen and oxygen atoms in total. The lowest BCUT2D eigenvalue weighted by Crippen LogP contribution is -2.17. The van der Waals surface area contributed by atoms with E-state index in [2.05, 4.69) is 16.7 Å². The minimum Gasteiger partial charge on any atom is -0.404 e. The van der Waals surface area contributed by atoms with E-state index in [9.17, 15) is 13.2 Å². The molecule has 0 aliphatic rings. The van der Waals surface area contributed by atoms with Gasteiger partial charge in [-0.1, -0.05) is 18.1 Å². The molecule has 0 unspecified atom stereocenters. The van der Waals surface area contributed by atoms with Crippen LogP contribution in [-0.4, -0.2) is 6.36 Å². The van der Waals surface area contributed by atoms with Crippen molar-refractivity contribution < 1.29 is 17.9 Å². The van der Waals surface area contributed by atoms with Crippen LogP contribution in [0.25, 0.3) is 0 Å². The highest BCUT2D eigenvalue weighted by molar-refractivity contribution is 5.43. The van der Waals surface area contributed by atoms with Crippen LogP contribution >= 0.6 is 0 Å². The molecular weight excluding hydrogens is 181 g/mol. The summed E-state index contributed by atoms with van der Waals surface area (Å²) in [4.78, 5) is 0. The minimum absolute atomic E-state index is 0.0276. The number of ether oxygens (including phenoxy) is 1. The van der Waals surface area contributed by atoms with Crippen LogP contribution in [0.3, 0.4) is 0 Å². The van der Waals surface area contributed by atoms with Crippen LogP contribution < -0.4 is 4.74 Å². The molecule has 0 saturated carbocycles. The number of halogens is 3. The van der Waals surface area contributed by atoms with Gasteiger partial charge in [0.15, 0.2) is 5.75 Å². The monoisotopic (exact) mass is 185 g/mol. The van der Waals surface area contributed by atoms with Gasteiger partial charge in [0.05, 0.1) is 5.56 Å². The van der Waals surface area contributed by atoms with Crippen molar-refractivity contribution in [2.45, 2.75) is 6.36 Å². The Morgan fingerprint density at radius 3 is 2.69 bits per heavy atom. The summed E-state index contributed by atoms with van der Waals surface area (Å²) in [6.07, 6.45) is 0.219. The molecule has 0 heterocycles. The molecule has 0 aromatic heterocycles. The molecule has 0 bridgehead atoms. The predicted molar refractivity (Wildman–Crippen MR) is 39.9 cm³/mol. The maximum Gasteiger partial charge on any atom is 0.573 e. The highest BCUT2D eigenvalue weighted by Gasteiger charge is 2.31. The first-order chi connectivity index (χ1) is 6.03. The molecule has 67 valence electrons. The second-order valence-corrected chi connectivity index (χ2v) is 2.11. The van der Waals surface area contributed by atoms with Crippen molar-refractivity contribution in [2.24, 2.45) is 0 Å². The topological polar surface area (TPSA) is 9.23 Å². The zero-order chi connectivity index (χ0) is 9.90. The first-order valence-corrected chi connectivity index (χ1v) is 3.26. The van der Waals surface area contributed by atoms with Crippen molar-refractivity contribution in [3.05, 3.63) is 29.8 Å². The van der Waals surface area contributed by atoms with E-state index in [0.29, 0.717) is 0 Å². The Morgan fingerprint density at radius 2 is 2.15 bits per heavy atom. The van der Waals surface area contributed by atoms with E-state index in [-0.39, 0.29) is 5.56 Å². The Kier molecular flexibility index (Phi) is 2.47. The number of hydrogen-bond donors (Lipinski definition) is 0. The summed E-state index contributed by atoms with van der Waals surface area (Å²) in [7, 11) is 0. The van der Waals surface area contributed by atoms with Crippen LogP contribution in [0, 0.1) is 18.4 Å². The van der Waals surface area contributed by atoms with Crippen molar-refractivity contribution in [1.82, 2.24) is 0 Å². The minimum atomic E-state index is -4.73. The molecule has 1 aromatic rings. The Morgan fingerprint density at radius 1 is 1.46 bits per heavy atom. The lowest BCUT2D eigenvalue weighted by Gasteiger charge is -2.09. The molecule has 0 fully saturated rings. The standard InChI is InChI=1S/C9H4F3O/c1-2-7-5-3-4-6-8(7)13-9(10,11)12/h1,3-5H. The van der Waals surface area contributed by atoms with E-state index in [4.69, 9.17) is 6.42 Å². The van der Waals surface area contributed by atoms with Gasteiger partial charge in [-0.3, -0.25) is 0 Å². The third kappa shape index (κ3) is 2.71. The highest BCUT2D eigenvalue weighted by Crippen LogP contribution is 2.24. The van der Waals surface area contributed by atoms with Crippen molar-refractivity contribution in [3.8, 4) is 18.1 Å². The Bertz CT molecular complexity index is 335. The van der Waals surface area contributed by atoms with Crippen LogP contribution in [0.4, 0.5) is 13.2 Å². The summed E-state index contributed by atoms with van der Waals surface area (Å²) in [5, 5.41) is 0. The lowest BCUT2D eigenvalue weighted by atomic mass is 10.2. The van der Waals surface area contributed by atoms with Crippen molar-refractivity contribution in [2.75, 3.05) is 0 Å². The number of alkyl halides is 3. The maximum absolute atomic E-state index is 11.7. The van der Waals surface area contributed by atoms with Crippen LogP contribution in [0.5, 0.6) is 5.75 Å². The number of para-hydroxylation sites is 1. The van der Waals surface area contributed by atoms with Crippen molar-refractivity contribution >= 4 is 0 Å². The zero-order valence-corrected chi connectivity index (χ0v) is 6.35. The normalized spacial score (nSPS) is 10.6. The molecule has 13 heavy (non-hydrogen) atoms. The van der Waals surface area contributed by atoms with Gasteiger partial charge in [0, 0.05) is 6.07 Å². The quantitative estimate of drug-likeness (QED) is 0.610. The van der Waals surface area contributed by atoms with E-state index in [1.165, 1.54) is 18.2 Å². The smallest absolute Gasteiger partial charge is 0.404 e. The van der Waals surface area contributed by atoms with Crippen molar-refractivity contribution in [1.29, 1.82) is 0 Å². The maximum atomic E-state index is 11.7. The van der Waals surface area contributed by atoms with Gasteiger partial charge in [-0.2, -0.15) is 0 Å². The van der Waals surface area contributed by atoms with Crippen LogP contribution in [0.15, 0.2) is 18.2 Å². The Labute approximate surface area is 73.1 Å². The molecule has 0 amide bonds. The number of hydrogen-bond acceptors (Lipinski definition) is 1. The summed E-state index contributed by atoms with van der Waals surface area (Å²) in [5.74, 6) is 1.59. The zero-order valence-electron chi connectivity index (χ0n) is 6.35. The van der Waals surface area contributed by atoms with Crippen LogP contribution in [0.2, 0.25) is 0 Å². The van der Waals surface area contributed by atoms with Gasteiger partial charge in [-0.25, -0.2) is 0 Å². The fourth-order valence-corrected chi connectivity index (χ4v) is 0.735. The van der Waals surface area contributed by atoms with E-state index in [0.717, 1.165) is 0 Å². The highest BCUT2D eigenvalue weighted by atomic mass is 19.4. The molecule has 0 atom stereocenters.